The molecule has 2 aromatic carbocycles. The molecule has 4 rings (SSSR count). The van der Waals surface area contributed by atoms with Crippen LogP contribution in [0.2, 0.25) is 0 Å². The number of sulfonamides is 1. The van der Waals surface area contributed by atoms with Gasteiger partial charge in [-0.3, -0.25) is 10.2 Å². The highest BCUT2D eigenvalue weighted by molar-refractivity contribution is 7.90. The summed E-state index contributed by atoms with van der Waals surface area (Å²) in [6, 6.07) is 13.4. The van der Waals surface area contributed by atoms with Gasteiger partial charge >= 0.3 is 5.97 Å². The van der Waals surface area contributed by atoms with Crippen LogP contribution in [0.3, 0.4) is 0 Å². The topological polar surface area (TPSA) is 119 Å². The highest BCUT2D eigenvalue weighted by atomic mass is 32.2. The molecular weight excluding hydrogens is 452 g/mol. The number of thiazole rings is 1. The number of hydrogen-bond acceptors (Lipinski definition) is 9. The summed E-state index contributed by atoms with van der Waals surface area (Å²) in [7, 11) is -3.73. The summed E-state index contributed by atoms with van der Waals surface area (Å²) < 4.78 is 38.5. The molecule has 164 valence electrons. The van der Waals surface area contributed by atoms with E-state index in [4.69, 9.17) is 9.47 Å². The Morgan fingerprint density at radius 3 is 2.75 bits per heavy atom. The summed E-state index contributed by atoms with van der Waals surface area (Å²) in [6.45, 7) is 2.09. The lowest BCUT2D eigenvalue weighted by Crippen LogP contribution is -2.07. The fraction of sp³-hybridized carbons (Fsp3) is 0.143. The van der Waals surface area contributed by atoms with Crippen molar-refractivity contribution in [1.29, 1.82) is 0 Å². The first-order valence-corrected chi connectivity index (χ1v) is 11.9. The summed E-state index contributed by atoms with van der Waals surface area (Å²) in [5, 5.41) is 6.46. The smallest absolute Gasteiger partial charge is 0.311 e. The molecule has 0 amide bonds. The maximum Gasteiger partial charge on any atom is 0.311 e. The van der Waals surface area contributed by atoms with E-state index in [0.717, 1.165) is 5.56 Å². The number of fused-ring (bicyclic) bond motifs is 1. The summed E-state index contributed by atoms with van der Waals surface area (Å²) in [5.74, 6) is 0.176. The van der Waals surface area contributed by atoms with Gasteiger partial charge in [-0.05, 0) is 48.9 Å². The molecule has 9 nitrogen and oxygen atoms in total. The Morgan fingerprint density at radius 1 is 1.19 bits per heavy atom. The number of aromatic nitrogens is 1. The minimum absolute atomic E-state index is 0.0473. The molecule has 0 atom stereocenters. The lowest BCUT2D eigenvalue weighted by molar-refractivity contribution is -0.142. The lowest BCUT2D eigenvalue weighted by atomic mass is 10.2. The van der Waals surface area contributed by atoms with Gasteiger partial charge in [0, 0.05) is 5.38 Å². The fourth-order valence-electron chi connectivity index (χ4n) is 2.84. The molecule has 1 aromatic heterocycles. The number of hydrogen-bond donors (Lipinski definition) is 1. The van der Waals surface area contributed by atoms with Gasteiger partial charge < -0.3 is 9.47 Å². The predicted molar refractivity (Wildman–Crippen MR) is 121 cm³/mol. The lowest BCUT2D eigenvalue weighted by Gasteiger charge is -2.05. The Labute approximate surface area is 188 Å². The zero-order chi connectivity index (χ0) is 22.6. The first-order valence-electron chi connectivity index (χ1n) is 9.56. The van der Waals surface area contributed by atoms with E-state index < -0.39 is 10.0 Å². The number of nitrogens with one attached hydrogen (secondary N) is 1. The maximum atomic E-state index is 12.1. The van der Waals surface area contributed by atoms with Crippen molar-refractivity contribution in [2.45, 2.75) is 18.2 Å². The second-order valence-corrected chi connectivity index (χ2v) is 8.97. The normalized spacial score (nSPS) is 14.1. The molecular formula is C21H18N4O5S2. The van der Waals surface area contributed by atoms with Crippen molar-refractivity contribution < 1.29 is 22.7 Å². The van der Waals surface area contributed by atoms with Crippen LogP contribution in [0, 0.1) is 0 Å². The van der Waals surface area contributed by atoms with Gasteiger partial charge in [0.25, 0.3) is 10.0 Å². The van der Waals surface area contributed by atoms with E-state index >= 15 is 0 Å². The highest BCUT2D eigenvalue weighted by Gasteiger charge is 2.29. The summed E-state index contributed by atoms with van der Waals surface area (Å²) >= 11 is 1.33. The summed E-state index contributed by atoms with van der Waals surface area (Å²) in [6.07, 6.45) is 1.72. The summed E-state index contributed by atoms with van der Waals surface area (Å²) in [4.78, 5) is 15.9. The summed E-state index contributed by atoms with van der Waals surface area (Å²) in [5.41, 5.74) is 4.66. The van der Waals surface area contributed by atoms with Gasteiger partial charge in [-0.25, -0.2) is 4.98 Å². The highest BCUT2D eigenvalue weighted by Crippen LogP contribution is 2.27. The van der Waals surface area contributed by atoms with E-state index in [-0.39, 0.29) is 23.2 Å². The number of benzene rings is 2. The van der Waals surface area contributed by atoms with Crippen LogP contribution in [-0.4, -0.2) is 38.1 Å². The average Bonchev–Trinajstić information content (AvgIpc) is 3.31. The number of nitrogens with zero attached hydrogens (tertiary/aromatic N) is 3. The van der Waals surface area contributed by atoms with Gasteiger partial charge in [-0.1, -0.05) is 12.1 Å². The van der Waals surface area contributed by atoms with Crippen LogP contribution in [-0.2, 0) is 26.0 Å². The number of carbonyl (C=O) groups excluding carboxylic acids is 1. The molecule has 0 saturated carbocycles. The Morgan fingerprint density at radius 2 is 1.97 bits per heavy atom. The molecule has 0 bridgehead atoms. The van der Waals surface area contributed by atoms with E-state index in [1.807, 2.05) is 0 Å². The van der Waals surface area contributed by atoms with Crippen LogP contribution < -0.4 is 10.2 Å². The van der Waals surface area contributed by atoms with Gasteiger partial charge in [0.05, 0.1) is 30.5 Å². The third-order valence-corrected chi connectivity index (χ3v) is 6.36. The molecule has 0 spiro atoms. The zero-order valence-corrected chi connectivity index (χ0v) is 18.5. The molecule has 32 heavy (non-hydrogen) atoms. The molecule has 0 aliphatic carbocycles. The zero-order valence-electron chi connectivity index (χ0n) is 16.9. The van der Waals surface area contributed by atoms with E-state index in [9.17, 15) is 13.2 Å². The molecule has 1 N–H and O–H groups in total. The minimum Gasteiger partial charge on any atom is -0.466 e. The molecule has 0 radical (unpaired) electrons. The van der Waals surface area contributed by atoms with Crippen molar-refractivity contribution >= 4 is 44.6 Å². The average molecular weight is 471 g/mol. The van der Waals surface area contributed by atoms with Crippen LogP contribution in [0.1, 0.15) is 23.7 Å². The van der Waals surface area contributed by atoms with Crippen LogP contribution in [0.25, 0.3) is 0 Å². The van der Waals surface area contributed by atoms with Crippen molar-refractivity contribution in [3.8, 4) is 5.75 Å². The van der Waals surface area contributed by atoms with Gasteiger partial charge in [-0.15, -0.1) is 15.7 Å². The SMILES string of the molecule is CCOC(=O)Cc1csc(NN=Cc2ccc(OC3=NS(=O)(=O)c4ccccc43)cc2)n1. The van der Waals surface area contributed by atoms with Crippen molar-refractivity contribution in [3.63, 3.8) is 0 Å². The second kappa shape index (κ2) is 9.28. The van der Waals surface area contributed by atoms with Crippen LogP contribution in [0.5, 0.6) is 5.75 Å². The maximum absolute atomic E-state index is 12.1. The molecule has 1 aliphatic heterocycles. The molecule has 0 fully saturated rings. The standard InChI is InChI=1S/C21H18N4O5S2/c1-2-29-19(26)11-15-13-31-21(23-15)24-22-12-14-7-9-16(10-8-14)30-20-17-5-3-4-6-18(17)32(27,28)25-20/h3-10,12-13H,2,11H2,1H3,(H,23,24). The molecule has 11 heteroatoms. The van der Waals surface area contributed by atoms with Crippen LogP contribution >= 0.6 is 11.3 Å². The fourth-order valence-corrected chi connectivity index (χ4v) is 4.64. The Bertz CT molecular complexity index is 1300. The van der Waals surface area contributed by atoms with E-state index in [1.165, 1.54) is 17.4 Å². The number of ether oxygens (including phenoxy) is 2. The van der Waals surface area contributed by atoms with Gasteiger partial charge in [-0.2, -0.15) is 13.5 Å². The van der Waals surface area contributed by atoms with Crippen molar-refractivity contribution in [2.24, 2.45) is 9.50 Å². The molecule has 2 heterocycles. The monoisotopic (exact) mass is 470 g/mol. The third-order valence-electron chi connectivity index (χ3n) is 4.25. The largest absolute Gasteiger partial charge is 0.466 e. The molecule has 3 aromatic rings. The number of carbonyl (C=O) groups is 1. The molecule has 0 unspecified atom stereocenters. The molecule has 1 aliphatic rings. The van der Waals surface area contributed by atoms with Crippen molar-refractivity contribution in [1.82, 2.24) is 4.98 Å². The van der Waals surface area contributed by atoms with Crippen LogP contribution in [0.15, 0.2) is 68.3 Å². The van der Waals surface area contributed by atoms with Gasteiger partial charge in [0.2, 0.25) is 11.0 Å². The van der Waals surface area contributed by atoms with Crippen LogP contribution in [0.4, 0.5) is 5.13 Å². The van der Waals surface area contributed by atoms with E-state index in [1.54, 1.807) is 61.0 Å². The second-order valence-electron chi connectivity index (χ2n) is 6.53. The Hall–Kier alpha value is -3.57. The first-order chi connectivity index (χ1) is 15.4. The van der Waals surface area contributed by atoms with E-state index in [0.29, 0.717) is 28.7 Å². The number of anilines is 1. The van der Waals surface area contributed by atoms with Gasteiger partial charge in [0.1, 0.15) is 10.6 Å². The Kier molecular flexibility index (Phi) is 6.28. The van der Waals surface area contributed by atoms with Gasteiger partial charge in [0.15, 0.2) is 0 Å². The number of esters is 1. The predicted octanol–water partition coefficient (Wildman–Crippen LogP) is 3.22. The third kappa shape index (κ3) is 5.01. The van der Waals surface area contributed by atoms with Crippen molar-refractivity contribution in [2.75, 3.05) is 12.0 Å². The minimum atomic E-state index is -3.73. The number of hydrazone groups is 1. The first kappa shape index (κ1) is 21.7. The molecule has 0 saturated heterocycles. The van der Waals surface area contributed by atoms with E-state index in [2.05, 4.69) is 19.9 Å². The quantitative estimate of drug-likeness (QED) is 0.320. The number of rotatable bonds is 7. The van der Waals surface area contributed by atoms with Crippen molar-refractivity contribution in [3.05, 3.63) is 70.7 Å². The Balaban J connectivity index is 1.35.